The summed E-state index contributed by atoms with van der Waals surface area (Å²) in [6, 6.07) is 11.3. The van der Waals surface area contributed by atoms with E-state index in [1.807, 2.05) is 6.92 Å². The van der Waals surface area contributed by atoms with Crippen molar-refractivity contribution in [3.8, 4) is 11.3 Å². The Kier molecular flexibility index (Phi) is 7.42. The Balaban J connectivity index is 0.00000324. The van der Waals surface area contributed by atoms with E-state index in [0.29, 0.717) is 28.6 Å². The summed E-state index contributed by atoms with van der Waals surface area (Å²) < 4.78 is 39.8. The number of carbonyl (C=O) groups is 1. The van der Waals surface area contributed by atoms with E-state index in [4.69, 9.17) is 0 Å². The molecule has 1 amide bonds. The molecule has 174 valence electrons. The van der Waals surface area contributed by atoms with Gasteiger partial charge in [0.2, 0.25) is 5.95 Å². The van der Waals surface area contributed by atoms with E-state index in [1.165, 1.54) is 18.5 Å². The highest BCUT2D eigenvalue weighted by molar-refractivity contribution is 6.05. The standard InChI is InChI=1S/C23H17F3N6O.ClH/c1-14-6-7-16(30-21(33)17-4-2-3-5-18(17)23(24,25)26)10-20(14)32-22-29-9-8-19(31-22)15-11-27-13-28-12-15;/h2-13H,1H3,(H,30,33)(H,29,31,32);1H. The van der Waals surface area contributed by atoms with E-state index >= 15 is 0 Å². The highest BCUT2D eigenvalue weighted by atomic mass is 35.5. The predicted octanol–water partition coefficient (Wildman–Crippen LogP) is 5.68. The molecule has 0 saturated carbocycles. The van der Waals surface area contributed by atoms with Crippen LogP contribution in [0.25, 0.3) is 11.3 Å². The summed E-state index contributed by atoms with van der Waals surface area (Å²) >= 11 is 0. The van der Waals surface area contributed by atoms with Crippen molar-refractivity contribution in [1.29, 1.82) is 0 Å². The van der Waals surface area contributed by atoms with Crippen molar-refractivity contribution in [3.63, 3.8) is 0 Å². The SMILES string of the molecule is Cc1ccc(NC(=O)c2ccccc2C(F)(F)F)cc1Nc1nccc(-c2cncnc2)n1.Cl. The normalized spacial score (nSPS) is 10.8. The highest BCUT2D eigenvalue weighted by Gasteiger charge is 2.34. The summed E-state index contributed by atoms with van der Waals surface area (Å²) in [5.41, 5.74) is 1.59. The zero-order chi connectivity index (χ0) is 23.4. The van der Waals surface area contributed by atoms with E-state index in [9.17, 15) is 18.0 Å². The fourth-order valence-corrected chi connectivity index (χ4v) is 3.09. The highest BCUT2D eigenvalue weighted by Crippen LogP contribution is 2.32. The van der Waals surface area contributed by atoms with Crippen LogP contribution in [-0.2, 0) is 6.18 Å². The molecule has 0 fully saturated rings. The van der Waals surface area contributed by atoms with E-state index in [2.05, 4.69) is 30.6 Å². The topological polar surface area (TPSA) is 92.7 Å². The number of nitrogens with one attached hydrogen (secondary N) is 2. The average Bonchev–Trinajstić information content (AvgIpc) is 2.81. The van der Waals surface area contributed by atoms with Crippen LogP contribution in [0.2, 0.25) is 0 Å². The van der Waals surface area contributed by atoms with Crippen LogP contribution in [-0.4, -0.2) is 25.8 Å². The van der Waals surface area contributed by atoms with Gasteiger partial charge in [0.15, 0.2) is 0 Å². The predicted molar refractivity (Wildman–Crippen MR) is 124 cm³/mol. The number of amides is 1. The molecule has 4 aromatic rings. The molecule has 2 N–H and O–H groups in total. The van der Waals surface area contributed by atoms with Crippen molar-refractivity contribution in [3.05, 3.63) is 90.1 Å². The Bertz CT molecular complexity index is 1300. The molecule has 0 atom stereocenters. The van der Waals surface area contributed by atoms with Crippen LogP contribution in [0.5, 0.6) is 0 Å². The maximum Gasteiger partial charge on any atom is 0.417 e. The molecule has 2 heterocycles. The number of nitrogens with zero attached hydrogens (tertiary/aromatic N) is 4. The van der Waals surface area contributed by atoms with Crippen LogP contribution >= 0.6 is 12.4 Å². The number of carbonyl (C=O) groups excluding carboxylic acids is 1. The molecule has 0 spiro atoms. The number of alkyl halides is 3. The van der Waals surface area contributed by atoms with Gasteiger partial charge in [0.05, 0.1) is 16.8 Å². The third kappa shape index (κ3) is 5.65. The Morgan fingerprint density at radius 3 is 2.47 bits per heavy atom. The van der Waals surface area contributed by atoms with Crippen LogP contribution in [0.4, 0.5) is 30.5 Å². The lowest BCUT2D eigenvalue weighted by molar-refractivity contribution is -0.137. The van der Waals surface area contributed by atoms with Crippen LogP contribution in [0.1, 0.15) is 21.5 Å². The number of aryl methyl sites for hydroxylation is 1. The van der Waals surface area contributed by atoms with Crippen molar-refractivity contribution < 1.29 is 18.0 Å². The molecule has 0 aliphatic heterocycles. The largest absolute Gasteiger partial charge is 0.417 e. The smallest absolute Gasteiger partial charge is 0.324 e. The van der Waals surface area contributed by atoms with Gasteiger partial charge in [-0.3, -0.25) is 4.79 Å². The molecule has 2 aromatic carbocycles. The zero-order valence-corrected chi connectivity index (χ0v) is 18.5. The second-order valence-electron chi connectivity index (χ2n) is 7.04. The Labute approximate surface area is 198 Å². The first-order chi connectivity index (χ1) is 15.8. The number of benzene rings is 2. The summed E-state index contributed by atoms with van der Waals surface area (Å²) in [7, 11) is 0. The first-order valence-electron chi connectivity index (χ1n) is 9.75. The third-order valence-electron chi connectivity index (χ3n) is 4.73. The molecule has 0 bridgehead atoms. The number of anilines is 3. The first-order valence-corrected chi connectivity index (χ1v) is 9.75. The second-order valence-corrected chi connectivity index (χ2v) is 7.04. The second kappa shape index (κ2) is 10.3. The molecule has 0 aliphatic rings. The van der Waals surface area contributed by atoms with Crippen LogP contribution in [0.15, 0.2) is 73.4 Å². The summed E-state index contributed by atoms with van der Waals surface area (Å²) in [6.07, 6.45) is 1.60. The van der Waals surface area contributed by atoms with Crippen molar-refractivity contribution in [2.75, 3.05) is 10.6 Å². The third-order valence-corrected chi connectivity index (χ3v) is 4.73. The van der Waals surface area contributed by atoms with Gasteiger partial charge in [0.25, 0.3) is 5.91 Å². The van der Waals surface area contributed by atoms with Gasteiger partial charge < -0.3 is 10.6 Å². The lowest BCUT2D eigenvalue weighted by Crippen LogP contribution is -2.18. The maximum absolute atomic E-state index is 13.3. The average molecular weight is 487 g/mol. The number of aromatic nitrogens is 4. The van der Waals surface area contributed by atoms with E-state index in [0.717, 1.165) is 17.7 Å². The molecule has 4 rings (SSSR count). The molecular weight excluding hydrogens is 469 g/mol. The fourth-order valence-electron chi connectivity index (χ4n) is 3.09. The number of hydrogen-bond acceptors (Lipinski definition) is 6. The van der Waals surface area contributed by atoms with Gasteiger partial charge in [0, 0.05) is 35.5 Å². The van der Waals surface area contributed by atoms with Crippen molar-refractivity contribution in [1.82, 2.24) is 19.9 Å². The quantitative estimate of drug-likeness (QED) is 0.377. The van der Waals surface area contributed by atoms with Gasteiger partial charge in [0.1, 0.15) is 6.33 Å². The monoisotopic (exact) mass is 486 g/mol. The number of hydrogen-bond donors (Lipinski definition) is 2. The van der Waals surface area contributed by atoms with Gasteiger partial charge in [-0.05, 0) is 42.8 Å². The molecule has 2 aromatic heterocycles. The summed E-state index contributed by atoms with van der Waals surface area (Å²) in [6.45, 7) is 1.84. The molecular formula is C23H18ClF3N6O. The van der Waals surface area contributed by atoms with E-state index < -0.39 is 23.2 Å². The molecule has 0 radical (unpaired) electrons. The molecule has 7 nitrogen and oxygen atoms in total. The van der Waals surface area contributed by atoms with Crippen LogP contribution in [0.3, 0.4) is 0 Å². The summed E-state index contributed by atoms with van der Waals surface area (Å²) in [5, 5.41) is 5.60. The van der Waals surface area contributed by atoms with Crippen LogP contribution < -0.4 is 10.6 Å². The van der Waals surface area contributed by atoms with Crippen molar-refractivity contribution in [2.45, 2.75) is 13.1 Å². The minimum Gasteiger partial charge on any atom is -0.324 e. The van der Waals surface area contributed by atoms with Crippen molar-refractivity contribution in [2.24, 2.45) is 0 Å². The van der Waals surface area contributed by atoms with E-state index in [1.54, 1.807) is 42.9 Å². The Morgan fingerprint density at radius 1 is 1.00 bits per heavy atom. The molecule has 11 heteroatoms. The molecule has 0 saturated heterocycles. The Hall–Kier alpha value is -4.05. The lowest BCUT2D eigenvalue weighted by Gasteiger charge is -2.14. The minimum absolute atomic E-state index is 0. The zero-order valence-electron chi connectivity index (χ0n) is 17.7. The van der Waals surface area contributed by atoms with Gasteiger partial charge in [-0.15, -0.1) is 12.4 Å². The van der Waals surface area contributed by atoms with Gasteiger partial charge in [-0.1, -0.05) is 18.2 Å². The Morgan fingerprint density at radius 2 is 1.74 bits per heavy atom. The fraction of sp³-hybridized carbons (Fsp3) is 0.0870. The van der Waals surface area contributed by atoms with Gasteiger partial charge in [-0.2, -0.15) is 13.2 Å². The van der Waals surface area contributed by atoms with E-state index in [-0.39, 0.29) is 12.4 Å². The lowest BCUT2D eigenvalue weighted by atomic mass is 10.1. The first kappa shape index (κ1) is 24.6. The number of halogens is 4. The van der Waals surface area contributed by atoms with Gasteiger partial charge >= 0.3 is 6.18 Å². The molecule has 0 unspecified atom stereocenters. The van der Waals surface area contributed by atoms with Crippen molar-refractivity contribution >= 4 is 35.6 Å². The molecule has 0 aliphatic carbocycles. The number of rotatable bonds is 5. The van der Waals surface area contributed by atoms with Crippen LogP contribution in [0, 0.1) is 6.92 Å². The van der Waals surface area contributed by atoms with Gasteiger partial charge in [-0.25, -0.2) is 19.9 Å². The molecule has 34 heavy (non-hydrogen) atoms. The minimum atomic E-state index is -4.64. The summed E-state index contributed by atoms with van der Waals surface area (Å²) in [4.78, 5) is 29.2. The summed E-state index contributed by atoms with van der Waals surface area (Å²) in [5.74, 6) is -0.564. The maximum atomic E-state index is 13.3.